The van der Waals surface area contributed by atoms with Crippen molar-refractivity contribution in [2.45, 2.75) is 12.5 Å². The normalized spacial score (nSPS) is 14.6. The Bertz CT molecular complexity index is 368. The minimum atomic E-state index is -1.29. The van der Waals surface area contributed by atoms with Gasteiger partial charge < -0.3 is 10.8 Å². The summed E-state index contributed by atoms with van der Waals surface area (Å²) < 4.78 is 12.6. The zero-order chi connectivity index (χ0) is 10.1. The third-order valence-electron chi connectivity index (χ3n) is 1.75. The van der Waals surface area contributed by atoms with Gasteiger partial charge in [-0.2, -0.15) is 5.26 Å². The molecule has 0 radical (unpaired) electrons. The van der Waals surface area contributed by atoms with E-state index >= 15 is 0 Å². The fourth-order valence-electron chi connectivity index (χ4n) is 1.00. The zero-order valence-electron chi connectivity index (χ0n) is 7.08. The monoisotopic (exact) mass is 180 g/mol. The minimum Gasteiger partial charge on any atom is -0.507 e. The second-order valence-electron chi connectivity index (χ2n) is 2.98. The van der Waals surface area contributed by atoms with Gasteiger partial charge in [0.15, 0.2) is 0 Å². The van der Waals surface area contributed by atoms with Gasteiger partial charge in [-0.1, -0.05) is 0 Å². The third-order valence-corrected chi connectivity index (χ3v) is 1.75. The predicted molar refractivity (Wildman–Crippen MR) is 45.2 cm³/mol. The number of nitriles is 1. The average Bonchev–Trinajstić information content (AvgIpc) is 2.03. The Labute approximate surface area is 75.2 Å². The summed E-state index contributed by atoms with van der Waals surface area (Å²) in [6, 6.07) is 5.19. The first-order valence-corrected chi connectivity index (χ1v) is 3.66. The maximum Gasteiger partial charge on any atom is 0.130 e. The van der Waals surface area contributed by atoms with E-state index in [9.17, 15) is 9.50 Å². The molecule has 1 atom stereocenters. The molecule has 0 aromatic heterocycles. The van der Waals surface area contributed by atoms with Crippen molar-refractivity contribution in [1.29, 1.82) is 5.26 Å². The van der Waals surface area contributed by atoms with Crippen LogP contribution >= 0.6 is 0 Å². The van der Waals surface area contributed by atoms with E-state index in [1.807, 2.05) is 6.07 Å². The molecule has 0 aliphatic rings. The van der Waals surface area contributed by atoms with E-state index in [4.69, 9.17) is 11.0 Å². The van der Waals surface area contributed by atoms with Crippen LogP contribution in [0.5, 0.6) is 5.75 Å². The molecular formula is C9H9FN2O. The van der Waals surface area contributed by atoms with Crippen LogP contribution in [0.3, 0.4) is 0 Å². The quantitative estimate of drug-likeness (QED) is 0.682. The highest BCUT2D eigenvalue weighted by molar-refractivity contribution is 5.41. The number of hydrogen-bond acceptors (Lipinski definition) is 3. The van der Waals surface area contributed by atoms with Gasteiger partial charge >= 0.3 is 0 Å². The van der Waals surface area contributed by atoms with Gasteiger partial charge in [0.25, 0.3) is 0 Å². The first-order chi connectivity index (χ1) is 5.97. The maximum atomic E-state index is 12.6. The molecule has 1 aromatic carbocycles. The topological polar surface area (TPSA) is 70.0 Å². The fourth-order valence-corrected chi connectivity index (χ4v) is 1.00. The van der Waals surface area contributed by atoms with Crippen LogP contribution in [0.25, 0.3) is 0 Å². The van der Waals surface area contributed by atoms with E-state index in [1.54, 1.807) is 0 Å². The number of phenolic OH excluding ortho intramolecular Hbond substituents is 1. The van der Waals surface area contributed by atoms with Crippen LogP contribution in [0.1, 0.15) is 12.5 Å². The average molecular weight is 180 g/mol. The van der Waals surface area contributed by atoms with Crippen LogP contribution in [0, 0.1) is 17.1 Å². The molecule has 68 valence electrons. The van der Waals surface area contributed by atoms with Gasteiger partial charge in [0, 0.05) is 11.6 Å². The number of aromatic hydroxyl groups is 1. The van der Waals surface area contributed by atoms with Crippen LogP contribution < -0.4 is 5.73 Å². The highest BCUT2D eigenvalue weighted by Crippen LogP contribution is 2.26. The highest BCUT2D eigenvalue weighted by Gasteiger charge is 2.23. The lowest BCUT2D eigenvalue weighted by Crippen LogP contribution is -2.30. The molecule has 3 N–H and O–H groups in total. The summed E-state index contributed by atoms with van der Waals surface area (Å²) in [5, 5.41) is 17.9. The first kappa shape index (κ1) is 9.49. The summed E-state index contributed by atoms with van der Waals surface area (Å²) in [7, 11) is 0. The van der Waals surface area contributed by atoms with E-state index in [0.29, 0.717) is 0 Å². The predicted octanol–water partition coefficient (Wildman–Crippen LogP) is 1.23. The van der Waals surface area contributed by atoms with Crippen LogP contribution in [-0.2, 0) is 5.54 Å². The van der Waals surface area contributed by atoms with Crippen LogP contribution in [-0.4, -0.2) is 5.11 Å². The van der Waals surface area contributed by atoms with Gasteiger partial charge in [0.2, 0.25) is 0 Å². The van der Waals surface area contributed by atoms with Gasteiger partial charge in [-0.15, -0.1) is 0 Å². The second kappa shape index (κ2) is 3.04. The summed E-state index contributed by atoms with van der Waals surface area (Å²) in [6.45, 7) is 1.44. The number of nitrogens with zero attached hydrogens (tertiary/aromatic N) is 1. The smallest absolute Gasteiger partial charge is 0.130 e. The van der Waals surface area contributed by atoms with Gasteiger partial charge in [0.1, 0.15) is 17.1 Å². The maximum absolute atomic E-state index is 12.6. The lowest BCUT2D eigenvalue weighted by atomic mass is 9.94. The van der Waals surface area contributed by atoms with E-state index in [1.165, 1.54) is 13.0 Å². The molecule has 0 saturated heterocycles. The molecule has 0 aliphatic carbocycles. The lowest BCUT2D eigenvalue weighted by Gasteiger charge is -2.16. The largest absolute Gasteiger partial charge is 0.507 e. The molecule has 0 heterocycles. The molecule has 0 unspecified atom stereocenters. The van der Waals surface area contributed by atoms with Crippen molar-refractivity contribution in [1.82, 2.24) is 0 Å². The molecule has 0 saturated carbocycles. The summed E-state index contributed by atoms with van der Waals surface area (Å²) in [5.41, 5.74) is 4.47. The summed E-state index contributed by atoms with van der Waals surface area (Å²) in [6.07, 6.45) is 0. The first-order valence-electron chi connectivity index (χ1n) is 3.66. The highest BCUT2D eigenvalue weighted by atomic mass is 19.1. The van der Waals surface area contributed by atoms with Crippen molar-refractivity contribution in [2.24, 2.45) is 5.73 Å². The lowest BCUT2D eigenvalue weighted by molar-refractivity contribution is 0.448. The van der Waals surface area contributed by atoms with Crippen LogP contribution in [0.4, 0.5) is 4.39 Å². The standard InChI is InChI=1S/C9H9FN2O/c1-9(12,5-11)7-3-2-6(10)4-8(7)13/h2-4,13H,12H2,1H3/t9-/m1/s1. The van der Waals surface area contributed by atoms with Gasteiger partial charge in [-0.25, -0.2) is 4.39 Å². The molecule has 0 bridgehead atoms. The van der Waals surface area contributed by atoms with Crippen molar-refractivity contribution < 1.29 is 9.50 Å². The summed E-state index contributed by atoms with van der Waals surface area (Å²) >= 11 is 0. The molecule has 1 rings (SSSR count). The van der Waals surface area contributed by atoms with Crippen molar-refractivity contribution in [3.05, 3.63) is 29.6 Å². The Kier molecular flexibility index (Phi) is 2.22. The number of halogens is 1. The Morgan fingerprint density at radius 2 is 2.23 bits per heavy atom. The molecule has 13 heavy (non-hydrogen) atoms. The van der Waals surface area contributed by atoms with Crippen molar-refractivity contribution in [2.75, 3.05) is 0 Å². The number of benzene rings is 1. The van der Waals surface area contributed by atoms with Crippen molar-refractivity contribution in [3.8, 4) is 11.8 Å². The Balaban J connectivity index is 3.26. The van der Waals surface area contributed by atoms with Crippen LogP contribution in [0.2, 0.25) is 0 Å². The molecule has 0 aliphatic heterocycles. The second-order valence-corrected chi connectivity index (χ2v) is 2.98. The number of phenols is 1. The molecular weight excluding hydrogens is 171 g/mol. The molecule has 1 aromatic rings. The number of nitrogens with two attached hydrogens (primary N) is 1. The SMILES string of the molecule is C[C@@](N)(C#N)c1ccc(F)cc1O. The summed E-state index contributed by atoms with van der Waals surface area (Å²) in [4.78, 5) is 0. The van der Waals surface area contributed by atoms with Gasteiger partial charge in [-0.05, 0) is 19.1 Å². The summed E-state index contributed by atoms with van der Waals surface area (Å²) in [5.74, 6) is -0.860. The molecule has 0 spiro atoms. The van der Waals surface area contributed by atoms with Crippen molar-refractivity contribution >= 4 is 0 Å². The molecule has 3 nitrogen and oxygen atoms in total. The third kappa shape index (κ3) is 1.76. The van der Waals surface area contributed by atoms with E-state index in [2.05, 4.69) is 0 Å². The number of rotatable bonds is 1. The van der Waals surface area contributed by atoms with Gasteiger partial charge in [-0.3, -0.25) is 0 Å². The molecule has 0 fully saturated rings. The Morgan fingerprint density at radius 3 is 2.69 bits per heavy atom. The number of hydrogen-bond donors (Lipinski definition) is 2. The van der Waals surface area contributed by atoms with Crippen molar-refractivity contribution in [3.63, 3.8) is 0 Å². The van der Waals surface area contributed by atoms with Crippen LogP contribution in [0.15, 0.2) is 18.2 Å². The fraction of sp³-hybridized carbons (Fsp3) is 0.222. The van der Waals surface area contributed by atoms with E-state index in [-0.39, 0.29) is 11.3 Å². The van der Waals surface area contributed by atoms with E-state index < -0.39 is 11.4 Å². The molecule has 4 heteroatoms. The Morgan fingerprint density at radius 1 is 1.62 bits per heavy atom. The zero-order valence-corrected chi connectivity index (χ0v) is 7.08. The minimum absolute atomic E-state index is 0.219. The van der Waals surface area contributed by atoms with Gasteiger partial charge in [0.05, 0.1) is 6.07 Å². The Hall–Kier alpha value is -1.60. The van der Waals surface area contributed by atoms with E-state index in [0.717, 1.165) is 12.1 Å². The molecule has 0 amide bonds.